The standard InChI is InChI=1S/C29H25FN4O5/c1-29(2)16-34(26(35)17-7-9-18(30)10-8-17)15-21(27(36)37)25-24(29)20-14-19(11-12-22(20)32-25)39-28(38)33(3)23-6-4-5-13-31-23/h4-15,32H,16H2,1-3H3,(H,36,37). The average molecular weight is 529 g/mol. The van der Waals surface area contributed by atoms with Crippen molar-refractivity contribution < 1.29 is 28.6 Å². The van der Waals surface area contributed by atoms with E-state index in [0.29, 0.717) is 28.0 Å². The van der Waals surface area contributed by atoms with Crippen molar-refractivity contribution in [2.45, 2.75) is 19.3 Å². The number of aromatic nitrogens is 2. The van der Waals surface area contributed by atoms with Crippen LogP contribution in [-0.2, 0) is 10.2 Å². The number of hydrogen-bond acceptors (Lipinski definition) is 5. The summed E-state index contributed by atoms with van der Waals surface area (Å²) < 4.78 is 19.0. The highest BCUT2D eigenvalue weighted by molar-refractivity contribution is 6.17. The summed E-state index contributed by atoms with van der Waals surface area (Å²) in [6.45, 7) is 3.94. The molecule has 4 aromatic rings. The van der Waals surface area contributed by atoms with E-state index in [4.69, 9.17) is 4.74 Å². The molecule has 0 unspecified atom stereocenters. The Kier molecular flexibility index (Phi) is 6.39. The first-order valence-corrected chi connectivity index (χ1v) is 12.1. The summed E-state index contributed by atoms with van der Waals surface area (Å²) in [5.41, 5.74) is 1.06. The van der Waals surface area contributed by atoms with E-state index < -0.39 is 29.2 Å². The highest BCUT2D eigenvalue weighted by Crippen LogP contribution is 2.41. The fraction of sp³-hybridized carbons (Fsp3) is 0.172. The van der Waals surface area contributed by atoms with Gasteiger partial charge in [-0.15, -0.1) is 0 Å². The number of aliphatic carboxylic acids is 1. The van der Waals surface area contributed by atoms with Crippen LogP contribution in [0.5, 0.6) is 5.75 Å². The second kappa shape index (κ2) is 9.71. The van der Waals surface area contributed by atoms with Gasteiger partial charge in [-0.2, -0.15) is 0 Å². The van der Waals surface area contributed by atoms with Crippen LogP contribution in [-0.4, -0.2) is 51.5 Å². The predicted octanol–water partition coefficient (Wildman–Crippen LogP) is 5.20. The number of anilines is 1. The lowest BCUT2D eigenvalue weighted by atomic mass is 9.81. The van der Waals surface area contributed by atoms with E-state index in [1.165, 1.54) is 40.3 Å². The first-order valence-electron chi connectivity index (χ1n) is 12.1. The Morgan fingerprint density at radius 1 is 1.10 bits per heavy atom. The molecule has 1 aliphatic heterocycles. The van der Waals surface area contributed by atoms with Gasteiger partial charge in [0.1, 0.15) is 17.4 Å². The fourth-order valence-electron chi connectivity index (χ4n) is 4.78. The zero-order chi connectivity index (χ0) is 27.9. The topological polar surface area (TPSA) is 116 Å². The highest BCUT2D eigenvalue weighted by atomic mass is 19.1. The molecular formula is C29H25FN4O5. The number of fused-ring (bicyclic) bond motifs is 3. The molecule has 5 rings (SSSR count). The number of rotatable bonds is 4. The molecule has 198 valence electrons. The van der Waals surface area contributed by atoms with Crippen LogP contribution in [0.4, 0.5) is 15.0 Å². The van der Waals surface area contributed by atoms with Crippen molar-refractivity contribution in [1.82, 2.24) is 14.9 Å². The molecular weight excluding hydrogens is 503 g/mol. The van der Waals surface area contributed by atoms with E-state index in [-0.39, 0.29) is 23.4 Å². The number of halogens is 1. The lowest BCUT2D eigenvalue weighted by Gasteiger charge is -2.29. The molecule has 9 nitrogen and oxygen atoms in total. The zero-order valence-electron chi connectivity index (χ0n) is 21.4. The molecule has 10 heteroatoms. The molecule has 2 amide bonds. The van der Waals surface area contributed by atoms with Crippen LogP contribution in [0.1, 0.15) is 35.5 Å². The van der Waals surface area contributed by atoms with Crippen molar-refractivity contribution >= 4 is 40.3 Å². The van der Waals surface area contributed by atoms with Gasteiger partial charge in [-0.25, -0.2) is 19.0 Å². The minimum Gasteiger partial charge on any atom is -0.478 e. The number of amides is 2. The van der Waals surface area contributed by atoms with E-state index >= 15 is 0 Å². The predicted molar refractivity (Wildman–Crippen MR) is 143 cm³/mol. The number of aromatic amines is 1. The molecule has 0 bridgehead atoms. The molecule has 0 saturated carbocycles. The fourth-order valence-corrected chi connectivity index (χ4v) is 4.78. The van der Waals surface area contributed by atoms with Gasteiger partial charge in [0.15, 0.2) is 0 Å². The number of hydrogen-bond donors (Lipinski definition) is 2. The van der Waals surface area contributed by atoms with E-state index in [2.05, 4.69) is 9.97 Å². The second-order valence-electron chi connectivity index (χ2n) is 9.87. The first-order chi connectivity index (χ1) is 18.5. The van der Waals surface area contributed by atoms with Crippen LogP contribution in [0.3, 0.4) is 0 Å². The van der Waals surface area contributed by atoms with Crippen molar-refractivity contribution in [1.29, 1.82) is 0 Å². The Labute approximate surface area is 223 Å². The third-order valence-corrected chi connectivity index (χ3v) is 6.62. The number of carboxylic acids is 1. The third-order valence-electron chi connectivity index (χ3n) is 6.62. The van der Waals surface area contributed by atoms with Crippen LogP contribution in [0.15, 0.2) is 73.1 Å². The van der Waals surface area contributed by atoms with Gasteiger partial charge in [0.2, 0.25) is 0 Å². The average Bonchev–Trinajstić information content (AvgIpc) is 3.24. The van der Waals surface area contributed by atoms with Gasteiger partial charge < -0.3 is 19.7 Å². The first kappa shape index (κ1) is 25.7. The lowest BCUT2D eigenvalue weighted by Crippen LogP contribution is -2.37. The van der Waals surface area contributed by atoms with E-state index in [0.717, 1.165) is 0 Å². The number of carbonyl (C=O) groups is 3. The van der Waals surface area contributed by atoms with E-state index in [9.17, 15) is 23.9 Å². The monoisotopic (exact) mass is 528 g/mol. The number of nitrogens with zero attached hydrogens (tertiary/aromatic N) is 3. The number of H-pyrrole nitrogens is 1. The van der Waals surface area contributed by atoms with Gasteiger partial charge >= 0.3 is 12.1 Å². The van der Waals surface area contributed by atoms with Crippen LogP contribution < -0.4 is 9.64 Å². The highest BCUT2D eigenvalue weighted by Gasteiger charge is 2.37. The van der Waals surface area contributed by atoms with Crippen LogP contribution in [0.2, 0.25) is 0 Å². The van der Waals surface area contributed by atoms with Gasteiger partial charge in [0.25, 0.3) is 5.91 Å². The summed E-state index contributed by atoms with van der Waals surface area (Å²) in [6, 6.07) is 15.3. The molecule has 0 radical (unpaired) electrons. The van der Waals surface area contributed by atoms with Crippen molar-refractivity contribution in [2.24, 2.45) is 0 Å². The molecule has 2 aromatic carbocycles. The summed E-state index contributed by atoms with van der Waals surface area (Å²) in [6.07, 6.45) is 2.23. The normalized spacial score (nSPS) is 14.3. The van der Waals surface area contributed by atoms with E-state index in [1.54, 1.807) is 49.6 Å². The smallest absolute Gasteiger partial charge is 0.420 e. The molecule has 2 aromatic heterocycles. The Hall–Kier alpha value is -4.99. The summed E-state index contributed by atoms with van der Waals surface area (Å²) in [5, 5.41) is 10.8. The number of carboxylic acid groups (broad SMARTS) is 1. The number of carbonyl (C=O) groups excluding carboxylic acids is 2. The van der Waals surface area contributed by atoms with Gasteiger partial charge in [-0.1, -0.05) is 19.9 Å². The zero-order valence-corrected chi connectivity index (χ0v) is 21.4. The molecule has 39 heavy (non-hydrogen) atoms. The quantitative estimate of drug-likeness (QED) is 0.376. The maximum Gasteiger partial charge on any atom is 0.420 e. The van der Waals surface area contributed by atoms with Gasteiger partial charge in [0.05, 0.1) is 11.3 Å². The molecule has 0 saturated heterocycles. The van der Waals surface area contributed by atoms with Crippen LogP contribution >= 0.6 is 0 Å². The Morgan fingerprint density at radius 2 is 1.85 bits per heavy atom. The molecule has 0 fully saturated rings. The van der Waals surface area contributed by atoms with Crippen LogP contribution in [0.25, 0.3) is 16.5 Å². The summed E-state index contributed by atoms with van der Waals surface area (Å²) in [7, 11) is 1.55. The number of benzene rings is 2. The maximum absolute atomic E-state index is 13.4. The second-order valence-corrected chi connectivity index (χ2v) is 9.87. The molecule has 0 spiro atoms. The molecule has 0 aliphatic carbocycles. The largest absolute Gasteiger partial charge is 0.478 e. The Bertz CT molecular complexity index is 1630. The SMILES string of the molecule is CN(C(=O)Oc1ccc2[nH]c3c(c2c1)C(C)(C)CN(C(=O)c1ccc(F)cc1)C=C3C(=O)O)c1ccccn1. The molecule has 1 aliphatic rings. The number of nitrogens with one attached hydrogen (secondary N) is 1. The summed E-state index contributed by atoms with van der Waals surface area (Å²) in [4.78, 5) is 48.4. The van der Waals surface area contributed by atoms with Crippen molar-refractivity contribution in [3.63, 3.8) is 0 Å². The van der Waals surface area contributed by atoms with Gasteiger partial charge in [-0.3, -0.25) is 9.69 Å². The molecule has 0 atom stereocenters. The summed E-state index contributed by atoms with van der Waals surface area (Å²) >= 11 is 0. The Balaban J connectivity index is 1.53. The van der Waals surface area contributed by atoms with E-state index in [1.807, 2.05) is 13.8 Å². The van der Waals surface area contributed by atoms with Crippen LogP contribution in [0, 0.1) is 5.82 Å². The summed E-state index contributed by atoms with van der Waals surface area (Å²) in [5.74, 6) is -1.47. The third kappa shape index (κ3) is 4.84. The Morgan fingerprint density at radius 3 is 2.51 bits per heavy atom. The maximum atomic E-state index is 13.4. The van der Waals surface area contributed by atoms with Crippen molar-refractivity contribution in [3.05, 3.63) is 95.7 Å². The van der Waals surface area contributed by atoms with Gasteiger partial charge in [-0.05, 0) is 60.2 Å². The number of ether oxygens (including phenoxy) is 1. The lowest BCUT2D eigenvalue weighted by molar-refractivity contribution is -0.130. The molecule has 3 heterocycles. The van der Waals surface area contributed by atoms with Gasteiger partial charge in [0, 0.05) is 47.9 Å². The molecule has 2 N–H and O–H groups in total. The van der Waals surface area contributed by atoms with Crippen molar-refractivity contribution in [3.8, 4) is 5.75 Å². The minimum atomic E-state index is -1.22. The number of pyridine rings is 1. The van der Waals surface area contributed by atoms with Crippen molar-refractivity contribution in [2.75, 3.05) is 18.5 Å². The minimum absolute atomic E-state index is 0.101.